The molecule has 4 aromatic rings. The molecule has 0 saturated carbocycles. The Hall–Kier alpha value is -4.06. The Morgan fingerprint density at radius 3 is 2.47 bits per heavy atom. The summed E-state index contributed by atoms with van der Waals surface area (Å²) in [5.41, 5.74) is 4.10. The van der Waals surface area contributed by atoms with Crippen LogP contribution in [-0.2, 0) is 19.5 Å². The lowest BCUT2D eigenvalue weighted by Gasteiger charge is -2.23. The number of amides is 2. The number of benzene rings is 2. The minimum atomic E-state index is -0.206. The van der Waals surface area contributed by atoms with E-state index in [1.165, 1.54) is 5.56 Å². The van der Waals surface area contributed by atoms with E-state index in [4.69, 9.17) is 4.42 Å². The van der Waals surface area contributed by atoms with Gasteiger partial charge in [-0.05, 0) is 75.1 Å². The van der Waals surface area contributed by atoms with Crippen LogP contribution >= 0.6 is 0 Å². The van der Waals surface area contributed by atoms with E-state index in [0.29, 0.717) is 36.7 Å². The number of rotatable bonds is 12. The Labute approximate surface area is 225 Å². The molecular formula is C32H37N3O3. The highest BCUT2D eigenvalue weighted by molar-refractivity contribution is 5.94. The van der Waals surface area contributed by atoms with Crippen LogP contribution in [0.25, 0.3) is 0 Å². The summed E-state index contributed by atoms with van der Waals surface area (Å²) in [7, 11) is 0. The summed E-state index contributed by atoms with van der Waals surface area (Å²) >= 11 is 0. The van der Waals surface area contributed by atoms with Crippen molar-refractivity contribution in [2.75, 3.05) is 6.54 Å². The Morgan fingerprint density at radius 1 is 0.974 bits per heavy atom. The molecule has 6 heteroatoms. The molecule has 4 rings (SSSR count). The maximum atomic E-state index is 13.2. The lowest BCUT2D eigenvalue weighted by atomic mass is 10.1. The average Bonchev–Trinajstić information content (AvgIpc) is 3.58. The van der Waals surface area contributed by atoms with Crippen LogP contribution in [0, 0.1) is 6.92 Å². The number of nitrogens with one attached hydrogen (secondary N) is 1. The first-order chi connectivity index (χ1) is 18.4. The van der Waals surface area contributed by atoms with Crippen LogP contribution in [0.4, 0.5) is 0 Å². The monoisotopic (exact) mass is 511 g/mol. The number of nitrogens with zero attached hydrogens (tertiary/aromatic N) is 2. The van der Waals surface area contributed by atoms with Gasteiger partial charge in [0.1, 0.15) is 5.76 Å². The third-order valence-corrected chi connectivity index (χ3v) is 6.65. The maximum absolute atomic E-state index is 13.2. The van der Waals surface area contributed by atoms with Crippen LogP contribution in [0.3, 0.4) is 0 Å². The molecule has 1 unspecified atom stereocenters. The van der Waals surface area contributed by atoms with Crippen LogP contribution in [-0.4, -0.2) is 33.9 Å². The Kier molecular flexibility index (Phi) is 9.20. The summed E-state index contributed by atoms with van der Waals surface area (Å²) in [6.07, 6.45) is 4.61. The largest absolute Gasteiger partial charge is 0.454 e. The first-order valence-electron chi connectivity index (χ1n) is 13.4. The van der Waals surface area contributed by atoms with Gasteiger partial charge in [0.2, 0.25) is 0 Å². The van der Waals surface area contributed by atoms with Gasteiger partial charge in [0.25, 0.3) is 11.8 Å². The van der Waals surface area contributed by atoms with Gasteiger partial charge in [-0.25, -0.2) is 0 Å². The van der Waals surface area contributed by atoms with Crippen molar-refractivity contribution in [3.05, 3.63) is 119 Å². The smallest absolute Gasteiger partial charge is 0.287 e. The molecule has 38 heavy (non-hydrogen) atoms. The summed E-state index contributed by atoms with van der Waals surface area (Å²) in [5.74, 6) is 0.819. The molecule has 0 saturated heterocycles. The van der Waals surface area contributed by atoms with Crippen molar-refractivity contribution in [2.24, 2.45) is 0 Å². The second-order valence-electron chi connectivity index (χ2n) is 9.88. The molecule has 0 aliphatic carbocycles. The zero-order chi connectivity index (χ0) is 26.9. The first-order valence-corrected chi connectivity index (χ1v) is 13.4. The summed E-state index contributed by atoms with van der Waals surface area (Å²) in [4.78, 5) is 27.8. The van der Waals surface area contributed by atoms with E-state index >= 15 is 0 Å². The summed E-state index contributed by atoms with van der Waals surface area (Å²) < 4.78 is 7.97. The molecule has 0 spiro atoms. The molecule has 198 valence electrons. The van der Waals surface area contributed by atoms with Crippen LogP contribution < -0.4 is 5.32 Å². The van der Waals surface area contributed by atoms with E-state index in [9.17, 15) is 9.59 Å². The van der Waals surface area contributed by atoms with E-state index in [1.807, 2.05) is 85.6 Å². The van der Waals surface area contributed by atoms with Crippen molar-refractivity contribution in [3.63, 3.8) is 0 Å². The van der Waals surface area contributed by atoms with Crippen LogP contribution in [0.2, 0.25) is 0 Å². The molecular weight excluding hydrogens is 474 g/mol. The minimum absolute atomic E-state index is 0.0259. The highest BCUT2D eigenvalue weighted by atomic mass is 16.4. The molecule has 2 aromatic heterocycles. The number of carbonyl (C=O) groups is 2. The number of carbonyl (C=O) groups excluding carboxylic acids is 2. The quantitative estimate of drug-likeness (QED) is 0.245. The molecule has 2 aromatic carbocycles. The molecule has 0 radical (unpaired) electrons. The van der Waals surface area contributed by atoms with Gasteiger partial charge in [-0.1, -0.05) is 55.0 Å². The fraction of sp³-hybridized carbons (Fsp3) is 0.312. The highest BCUT2D eigenvalue weighted by Crippen LogP contribution is 2.16. The fourth-order valence-corrected chi connectivity index (χ4v) is 4.49. The SMILES string of the molecule is CCCN(Cc1cccn1Cc1ccc(C(=O)NC(C)CCc2ccccc2)o1)C(=O)c1ccc(C)cc1. The van der Waals surface area contributed by atoms with Crippen molar-refractivity contribution < 1.29 is 14.0 Å². The van der Waals surface area contributed by atoms with Crippen LogP contribution in [0.5, 0.6) is 0 Å². The molecule has 0 bridgehead atoms. The molecule has 0 aliphatic rings. The van der Waals surface area contributed by atoms with Gasteiger partial charge in [-0.3, -0.25) is 9.59 Å². The van der Waals surface area contributed by atoms with Crippen molar-refractivity contribution in [3.8, 4) is 0 Å². The normalized spacial score (nSPS) is 11.8. The minimum Gasteiger partial charge on any atom is -0.454 e. The van der Waals surface area contributed by atoms with Crippen molar-refractivity contribution in [1.82, 2.24) is 14.8 Å². The number of aromatic nitrogens is 1. The van der Waals surface area contributed by atoms with Crippen LogP contribution in [0.15, 0.2) is 89.5 Å². The molecule has 6 nitrogen and oxygen atoms in total. The van der Waals surface area contributed by atoms with Crippen LogP contribution in [0.1, 0.15) is 70.2 Å². The van der Waals surface area contributed by atoms with Crippen molar-refractivity contribution in [2.45, 2.75) is 59.2 Å². The average molecular weight is 512 g/mol. The molecule has 2 amide bonds. The molecule has 2 heterocycles. The fourth-order valence-electron chi connectivity index (χ4n) is 4.49. The van der Waals surface area contributed by atoms with Gasteiger partial charge >= 0.3 is 0 Å². The first kappa shape index (κ1) is 27.0. The van der Waals surface area contributed by atoms with E-state index < -0.39 is 0 Å². The van der Waals surface area contributed by atoms with E-state index in [0.717, 1.165) is 30.5 Å². The van der Waals surface area contributed by atoms with Gasteiger partial charge < -0.3 is 19.2 Å². The zero-order valence-electron chi connectivity index (χ0n) is 22.5. The van der Waals surface area contributed by atoms with Gasteiger partial charge in [-0.2, -0.15) is 0 Å². The lowest BCUT2D eigenvalue weighted by Crippen LogP contribution is -2.32. The molecule has 0 fully saturated rings. The van der Waals surface area contributed by atoms with E-state index in [1.54, 1.807) is 6.07 Å². The number of aryl methyl sites for hydroxylation is 2. The van der Waals surface area contributed by atoms with Gasteiger partial charge in [0.15, 0.2) is 5.76 Å². The highest BCUT2D eigenvalue weighted by Gasteiger charge is 2.18. The van der Waals surface area contributed by atoms with Gasteiger partial charge in [0.05, 0.1) is 13.1 Å². The summed E-state index contributed by atoms with van der Waals surface area (Å²) in [5, 5.41) is 3.04. The van der Waals surface area contributed by atoms with Gasteiger partial charge in [-0.15, -0.1) is 0 Å². The summed E-state index contributed by atoms with van der Waals surface area (Å²) in [6, 6.07) is 25.6. The summed E-state index contributed by atoms with van der Waals surface area (Å²) in [6.45, 7) is 7.76. The predicted molar refractivity (Wildman–Crippen MR) is 150 cm³/mol. The number of furan rings is 1. The second-order valence-corrected chi connectivity index (χ2v) is 9.88. The second kappa shape index (κ2) is 13.0. The predicted octanol–water partition coefficient (Wildman–Crippen LogP) is 6.24. The maximum Gasteiger partial charge on any atom is 0.287 e. The van der Waals surface area contributed by atoms with Crippen molar-refractivity contribution in [1.29, 1.82) is 0 Å². The Balaban J connectivity index is 1.35. The third-order valence-electron chi connectivity index (χ3n) is 6.65. The number of hydrogen-bond acceptors (Lipinski definition) is 3. The lowest BCUT2D eigenvalue weighted by molar-refractivity contribution is 0.0739. The topological polar surface area (TPSA) is 67.5 Å². The van der Waals surface area contributed by atoms with Crippen molar-refractivity contribution >= 4 is 11.8 Å². The molecule has 1 atom stereocenters. The zero-order valence-corrected chi connectivity index (χ0v) is 22.5. The molecule has 1 N–H and O–H groups in total. The van der Waals surface area contributed by atoms with E-state index in [2.05, 4.69) is 28.9 Å². The van der Waals surface area contributed by atoms with E-state index in [-0.39, 0.29) is 17.9 Å². The Morgan fingerprint density at radius 2 is 1.74 bits per heavy atom. The molecule has 0 aliphatic heterocycles. The van der Waals surface area contributed by atoms with Gasteiger partial charge in [0, 0.05) is 30.0 Å². The third kappa shape index (κ3) is 7.25. The number of hydrogen-bond donors (Lipinski definition) is 1. The Bertz CT molecular complexity index is 1320. The standard InChI is InChI=1S/C32H37N3O3/c1-4-20-35(32(37)27-16-12-24(2)13-17-27)22-28-11-8-21-34(28)23-29-18-19-30(38-29)31(36)33-25(3)14-15-26-9-6-5-7-10-26/h5-13,16-19,21,25H,4,14-15,20,22-23H2,1-3H3,(H,33,36).